The van der Waals surface area contributed by atoms with E-state index in [1.54, 1.807) is 6.07 Å². The van der Waals surface area contributed by atoms with E-state index in [4.69, 9.17) is 4.74 Å². The Morgan fingerprint density at radius 2 is 1.65 bits per heavy atom. The molecule has 3 aliphatic rings. The first-order valence-electron chi connectivity index (χ1n) is 13.6. The summed E-state index contributed by atoms with van der Waals surface area (Å²) < 4.78 is 35.7. The van der Waals surface area contributed by atoms with Gasteiger partial charge >= 0.3 is 0 Å². The van der Waals surface area contributed by atoms with E-state index in [-0.39, 0.29) is 16.9 Å². The third-order valence-corrected chi connectivity index (χ3v) is 10.6. The van der Waals surface area contributed by atoms with E-state index < -0.39 is 10.0 Å². The third-order valence-electron chi connectivity index (χ3n) is 8.02. The summed E-state index contributed by atoms with van der Waals surface area (Å²) in [4.78, 5) is 0.270. The molecule has 4 aromatic rings. The standard InChI is InChI=1S/C33H30N2O3S2/c36-40(37,35-25-14-12-23(13-15-25)22-6-2-1-3-7-22)28-16-17-32-31(19-28)29-10-5-11-30(29)33(34-32)24-8-4-9-26(18-24)38-27-20-39-21-27/h1-10,12-19,27,29-30,33-35H,11,20-21H2/t29-,30+,33+/m0/s1. The quantitative estimate of drug-likeness (QED) is 0.227. The summed E-state index contributed by atoms with van der Waals surface area (Å²) in [6.45, 7) is 0. The minimum Gasteiger partial charge on any atom is -0.489 e. The van der Waals surface area contributed by atoms with Crippen molar-refractivity contribution in [2.45, 2.75) is 29.4 Å². The van der Waals surface area contributed by atoms with Crippen LogP contribution in [0, 0.1) is 5.92 Å². The van der Waals surface area contributed by atoms with E-state index in [0.29, 0.717) is 17.7 Å². The first-order valence-corrected chi connectivity index (χ1v) is 16.3. The molecule has 2 aliphatic heterocycles. The molecule has 202 valence electrons. The molecule has 1 aliphatic carbocycles. The number of anilines is 2. The van der Waals surface area contributed by atoms with Crippen molar-refractivity contribution in [1.82, 2.24) is 0 Å². The van der Waals surface area contributed by atoms with Crippen molar-refractivity contribution in [3.05, 3.63) is 120 Å². The van der Waals surface area contributed by atoms with E-state index in [0.717, 1.165) is 46.1 Å². The smallest absolute Gasteiger partial charge is 0.261 e. The van der Waals surface area contributed by atoms with Gasteiger partial charge in [-0.05, 0) is 77.1 Å². The van der Waals surface area contributed by atoms with Crippen molar-refractivity contribution in [2.24, 2.45) is 5.92 Å². The fraction of sp³-hybridized carbons (Fsp3) is 0.212. The molecule has 7 heteroatoms. The number of sulfonamides is 1. The van der Waals surface area contributed by atoms with Crippen molar-refractivity contribution in [3.63, 3.8) is 0 Å². The summed E-state index contributed by atoms with van der Waals surface area (Å²) in [5, 5.41) is 3.73. The maximum Gasteiger partial charge on any atom is 0.261 e. The molecular formula is C33H30N2O3S2. The molecule has 0 radical (unpaired) electrons. The molecule has 3 atom stereocenters. The molecule has 1 fully saturated rings. The molecule has 0 spiro atoms. The lowest BCUT2D eigenvalue weighted by Crippen LogP contribution is -2.31. The van der Waals surface area contributed by atoms with Gasteiger partial charge in [-0.3, -0.25) is 4.72 Å². The highest BCUT2D eigenvalue weighted by molar-refractivity contribution is 8.00. The molecule has 1 saturated heterocycles. The highest BCUT2D eigenvalue weighted by atomic mass is 32.2. The number of allylic oxidation sites excluding steroid dienone is 2. The molecule has 0 saturated carbocycles. The number of hydrogen-bond donors (Lipinski definition) is 2. The normalized spacial score (nSPS) is 21.6. The van der Waals surface area contributed by atoms with Crippen molar-refractivity contribution in [1.29, 1.82) is 0 Å². The van der Waals surface area contributed by atoms with Crippen LogP contribution in [-0.4, -0.2) is 26.0 Å². The molecule has 0 bridgehead atoms. The van der Waals surface area contributed by atoms with Gasteiger partial charge in [0.2, 0.25) is 0 Å². The number of thioether (sulfide) groups is 1. The topological polar surface area (TPSA) is 67.4 Å². The Morgan fingerprint density at radius 1 is 0.850 bits per heavy atom. The lowest BCUT2D eigenvalue weighted by Gasteiger charge is -2.38. The van der Waals surface area contributed by atoms with Crippen LogP contribution >= 0.6 is 11.8 Å². The molecule has 0 aromatic heterocycles. The van der Waals surface area contributed by atoms with Crippen LogP contribution in [0.1, 0.15) is 29.5 Å². The van der Waals surface area contributed by atoms with E-state index in [1.807, 2.05) is 84.6 Å². The second-order valence-electron chi connectivity index (χ2n) is 10.6. The maximum atomic E-state index is 13.4. The maximum absolute atomic E-state index is 13.4. The van der Waals surface area contributed by atoms with Gasteiger partial charge in [-0.25, -0.2) is 8.42 Å². The highest BCUT2D eigenvalue weighted by Crippen LogP contribution is 2.50. The SMILES string of the molecule is O=S(=O)(Nc1ccc(-c2ccccc2)cc1)c1ccc2c(c1)[C@H]1C=CC[C@H]1[C@@H](c1cccc(OC3CSC3)c1)N2. The van der Waals surface area contributed by atoms with Gasteiger partial charge in [0.05, 0.1) is 10.9 Å². The molecule has 40 heavy (non-hydrogen) atoms. The summed E-state index contributed by atoms with van der Waals surface area (Å²) in [6.07, 6.45) is 5.69. The van der Waals surface area contributed by atoms with Gasteiger partial charge in [0.1, 0.15) is 11.9 Å². The van der Waals surface area contributed by atoms with Crippen LogP contribution in [-0.2, 0) is 10.0 Å². The van der Waals surface area contributed by atoms with Crippen LogP contribution in [0.3, 0.4) is 0 Å². The lowest BCUT2D eigenvalue weighted by atomic mass is 9.77. The number of ether oxygens (including phenoxy) is 1. The predicted octanol–water partition coefficient (Wildman–Crippen LogP) is 7.48. The zero-order chi connectivity index (χ0) is 27.1. The van der Waals surface area contributed by atoms with E-state index >= 15 is 0 Å². The number of benzene rings is 4. The Labute approximate surface area is 239 Å². The van der Waals surface area contributed by atoms with Crippen LogP contribution in [0.5, 0.6) is 5.75 Å². The zero-order valence-electron chi connectivity index (χ0n) is 21.9. The van der Waals surface area contributed by atoms with Crippen molar-refractivity contribution in [2.75, 3.05) is 21.5 Å². The fourth-order valence-electron chi connectivity index (χ4n) is 5.90. The molecule has 7 rings (SSSR count). The van der Waals surface area contributed by atoms with Gasteiger partial charge in [0.25, 0.3) is 10.0 Å². The zero-order valence-corrected chi connectivity index (χ0v) is 23.5. The van der Waals surface area contributed by atoms with Crippen LogP contribution in [0.2, 0.25) is 0 Å². The van der Waals surface area contributed by atoms with Gasteiger partial charge in [0.15, 0.2) is 0 Å². The number of rotatable bonds is 7. The number of nitrogens with one attached hydrogen (secondary N) is 2. The second-order valence-corrected chi connectivity index (χ2v) is 13.4. The molecule has 2 N–H and O–H groups in total. The molecule has 0 unspecified atom stereocenters. The summed E-state index contributed by atoms with van der Waals surface area (Å²) in [7, 11) is -3.75. The van der Waals surface area contributed by atoms with Crippen LogP contribution in [0.15, 0.2) is 114 Å². The Hall–Kier alpha value is -3.68. The minimum absolute atomic E-state index is 0.121. The van der Waals surface area contributed by atoms with E-state index in [1.165, 1.54) is 5.56 Å². The van der Waals surface area contributed by atoms with Crippen LogP contribution in [0.4, 0.5) is 11.4 Å². The largest absolute Gasteiger partial charge is 0.489 e. The number of hydrogen-bond acceptors (Lipinski definition) is 5. The summed E-state index contributed by atoms with van der Waals surface area (Å²) in [5.41, 5.74) is 5.87. The van der Waals surface area contributed by atoms with Crippen molar-refractivity contribution < 1.29 is 13.2 Å². The average molecular weight is 567 g/mol. The fourth-order valence-corrected chi connectivity index (χ4v) is 7.56. The monoisotopic (exact) mass is 566 g/mol. The van der Waals surface area contributed by atoms with Crippen molar-refractivity contribution >= 4 is 33.2 Å². The molecular weight excluding hydrogens is 537 g/mol. The summed E-state index contributed by atoms with van der Waals surface area (Å²) in [6, 6.07) is 31.5. The number of fused-ring (bicyclic) bond motifs is 3. The van der Waals surface area contributed by atoms with E-state index in [9.17, 15) is 8.42 Å². The molecule has 4 aromatic carbocycles. The molecule has 0 amide bonds. The predicted molar refractivity (Wildman–Crippen MR) is 164 cm³/mol. The average Bonchev–Trinajstić information content (AvgIpc) is 3.46. The Morgan fingerprint density at radius 3 is 2.42 bits per heavy atom. The van der Waals surface area contributed by atoms with Gasteiger partial charge < -0.3 is 10.1 Å². The van der Waals surface area contributed by atoms with Gasteiger partial charge in [-0.2, -0.15) is 11.8 Å². The summed E-state index contributed by atoms with van der Waals surface area (Å²) in [5.74, 6) is 3.47. The first kappa shape index (κ1) is 25.3. The second kappa shape index (κ2) is 10.4. The summed E-state index contributed by atoms with van der Waals surface area (Å²) >= 11 is 1.91. The highest BCUT2D eigenvalue weighted by Gasteiger charge is 2.38. The van der Waals surface area contributed by atoms with Crippen LogP contribution in [0.25, 0.3) is 11.1 Å². The first-order chi connectivity index (χ1) is 19.5. The Kier molecular flexibility index (Phi) is 6.56. The lowest BCUT2D eigenvalue weighted by molar-refractivity contribution is 0.240. The molecule has 2 heterocycles. The third kappa shape index (κ3) is 4.88. The minimum atomic E-state index is -3.75. The van der Waals surface area contributed by atoms with Gasteiger partial charge in [0, 0.05) is 28.8 Å². The van der Waals surface area contributed by atoms with Gasteiger partial charge in [-0.15, -0.1) is 0 Å². The van der Waals surface area contributed by atoms with Gasteiger partial charge in [-0.1, -0.05) is 66.7 Å². The Balaban J connectivity index is 1.13. The Bertz CT molecular complexity index is 1670. The molecule has 5 nitrogen and oxygen atoms in total. The van der Waals surface area contributed by atoms with Crippen LogP contribution < -0.4 is 14.8 Å². The van der Waals surface area contributed by atoms with Crippen molar-refractivity contribution in [3.8, 4) is 16.9 Å². The van der Waals surface area contributed by atoms with E-state index in [2.05, 4.69) is 40.4 Å².